The van der Waals surface area contributed by atoms with Gasteiger partial charge in [-0.15, -0.1) is 0 Å². The predicted octanol–water partition coefficient (Wildman–Crippen LogP) is 0.164. The number of Topliss-reactive ketones (excluding diaryl/α,β-unsaturated/α-hetero) is 1. The molecule has 4 N–H and O–H groups in total. The standard InChI is InChI=1S/C27H40N2O10/c1-14(2)9-18(24(32)27(12-31)13-39-27)28-26(34)19(11-30)29-25(33)15-7-8-16-17(10-15)21(36-4)23(38-6)22(37-5)20(16)35-3/h14-15,18-19,30-31H,7-13H2,1-6H3,(H,28,34)(H,29,33). The van der Waals surface area contributed by atoms with Gasteiger partial charge < -0.3 is 44.5 Å². The second-order valence-corrected chi connectivity index (χ2v) is 10.3. The first-order valence-corrected chi connectivity index (χ1v) is 13.0. The van der Waals surface area contributed by atoms with Crippen molar-refractivity contribution in [1.29, 1.82) is 0 Å². The predicted molar refractivity (Wildman–Crippen MR) is 139 cm³/mol. The molecule has 2 aliphatic rings. The van der Waals surface area contributed by atoms with E-state index in [1.165, 1.54) is 28.4 Å². The maximum absolute atomic E-state index is 13.3. The number of ether oxygens (including phenoxy) is 5. The fourth-order valence-electron chi connectivity index (χ4n) is 5.10. The van der Waals surface area contributed by atoms with Crippen LogP contribution in [0.25, 0.3) is 0 Å². The molecular weight excluding hydrogens is 512 g/mol. The molecule has 0 spiro atoms. The van der Waals surface area contributed by atoms with Crippen molar-refractivity contribution in [2.45, 2.75) is 57.2 Å². The summed E-state index contributed by atoms with van der Waals surface area (Å²) in [7, 11) is 6.02. The Labute approximate surface area is 228 Å². The number of methoxy groups -OCH3 is 4. The quantitative estimate of drug-likeness (QED) is 0.234. The van der Waals surface area contributed by atoms with Gasteiger partial charge in [0.1, 0.15) is 6.04 Å². The Kier molecular flexibility index (Phi) is 10.0. The number of ketones is 1. The third-order valence-electron chi connectivity index (χ3n) is 7.26. The summed E-state index contributed by atoms with van der Waals surface area (Å²) in [5.41, 5.74) is 0.289. The summed E-state index contributed by atoms with van der Waals surface area (Å²) in [6.45, 7) is 2.73. The van der Waals surface area contributed by atoms with Crippen molar-refractivity contribution in [1.82, 2.24) is 10.6 Å². The van der Waals surface area contributed by atoms with E-state index in [0.717, 1.165) is 11.1 Å². The Bertz CT molecular complexity index is 1040. The van der Waals surface area contributed by atoms with Crippen molar-refractivity contribution in [3.63, 3.8) is 0 Å². The van der Waals surface area contributed by atoms with Crippen LogP contribution in [0.3, 0.4) is 0 Å². The fourth-order valence-corrected chi connectivity index (χ4v) is 5.10. The molecule has 1 aromatic rings. The number of fused-ring (bicyclic) bond motifs is 1. The van der Waals surface area contributed by atoms with E-state index in [2.05, 4.69) is 10.6 Å². The van der Waals surface area contributed by atoms with Gasteiger partial charge in [-0.05, 0) is 31.6 Å². The lowest BCUT2D eigenvalue weighted by Gasteiger charge is -2.30. The van der Waals surface area contributed by atoms with Gasteiger partial charge in [0.25, 0.3) is 0 Å². The highest BCUT2D eigenvalue weighted by Crippen LogP contribution is 2.52. The molecule has 1 aliphatic carbocycles. The highest BCUT2D eigenvalue weighted by atomic mass is 16.6. The molecule has 218 valence electrons. The second-order valence-electron chi connectivity index (χ2n) is 10.3. The van der Waals surface area contributed by atoms with E-state index in [1.807, 2.05) is 13.8 Å². The molecule has 1 aromatic carbocycles. The Morgan fingerprint density at radius 2 is 1.49 bits per heavy atom. The number of epoxide rings is 1. The number of aliphatic hydroxyl groups is 2. The molecule has 0 bridgehead atoms. The Hall–Kier alpha value is -3.09. The van der Waals surface area contributed by atoms with Crippen LogP contribution in [-0.2, 0) is 32.0 Å². The van der Waals surface area contributed by atoms with Gasteiger partial charge >= 0.3 is 0 Å². The molecule has 0 saturated carbocycles. The number of carbonyl (C=O) groups excluding carboxylic acids is 3. The smallest absolute Gasteiger partial charge is 0.245 e. The second kappa shape index (κ2) is 12.8. The summed E-state index contributed by atoms with van der Waals surface area (Å²) < 4.78 is 27.4. The van der Waals surface area contributed by atoms with Crippen LogP contribution in [0.1, 0.15) is 37.8 Å². The summed E-state index contributed by atoms with van der Waals surface area (Å²) >= 11 is 0. The minimum Gasteiger partial charge on any atom is -0.492 e. The summed E-state index contributed by atoms with van der Waals surface area (Å²) in [4.78, 5) is 39.3. The van der Waals surface area contributed by atoms with Gasteiger partial charge in [-0.2, -0.15) is 0 Å². The van der Waals surface area contributed by atoms with Crippen LogP contribution in [-0.4, -0.2) is 93.8 Å². The molecule has 1 heterocycles. The largest absolute Gasteiger partial charge is 0.492 e. The number of carbonyl (C=O) groups is 3. The molecule has 3 rings (SSSR count). The van der Waals surface area contributed by atoms with E-state index < -0.39 is 54.4 Å². The number of aliphatic hydroxyl groups excluding tert-OH is 2. The van der Waals surface area contributed by atoms with Crippen LogP contribution in [0.2, 0.25) is 0 Å². The SMILES string of the molecule is COc1c2c(c(OC)c(OC)c1OC)CC(C(=O)NC(CO)C(=O)NC(CC(C)C)C(=O)C1(CO)CO1)CC2. The minimum absolute atomic E-state index is 0.0563. The summed E-state index contributed by atoms with van der Waals surface area (Å²) in [6.07, 6.45) is 1.54. The van der Waals surface area contributed by atoms with E-state index in [1.54, 1.807) is 0 Å². The van der Waals surface area contributed by atoms with Crippen molar-refractivity contribution in [3.05, 3.63) is 11.1 Å². The lowest BCUT2D eigenvalue weighted by molar-refractivity contribution is -0.135. The van der Waals surface area contributed by atoms with Gasteiger partial charge in [0, 0.05) is 17.0 Å². The molecule has 12 heteroatoms. The average molecular weight is 553 g/mol. The lowest BCUT2D eigenvalue weighted by Crippen LogP contribution is -2.56. The normalized spacial score (nSPS) is 21.3. The van der Waals surface area contributed by atoms with Crippen LogP contribution >= 0.6 is 0 Å². The average Bonchev–Trinajstić information content (AvgIpc) is 3.74. The maximum atomic E-state index is 13.3. The third-order valence-corrected chi connectivity index (χ3v) is 7.26. The number of nitrogens with one attached hydrogen (secondary N) is 2. The van der Waals surface area contributed by atoms with Gasteiger partial charge in [-0.3, -0.25) is 14.4 Å². The Morgan fingerprint density at radius 1 is 0.923 bits per heavy atom. The van der Waals surface area contributed by atoms with Crippen molar-refractivity contribution in [2.24, 2.45) is 11.8 Å². The molecule has 4 unspecified atom stereocenters. The zero-order valence-corrected chi connectivity index (χ0v) is 23.4. The first-order valence-electron chi connectivity index (χ1n) is 13.0. The monoisotopic (exact) mass is 552 g/mol. The number of amides is 2. The van der Waals surface area contributed by atoms with Gasteiger partial charge in [0.05, 0.1) is 54.3 Å². The molecule has 39 heavy (non-hydrogen) atoms. The molecule has 1 saturated heterocycles. The highest BCUT2D eigenvalue weighted by molar-refractivity contribution is 5.98. The van der Waals surface area contributed by atoms with Crippen molar-refractivity contribution in [2.75, 3.05) is 48.3 Å². The molecular formula is C27H40N2O10. The van der Waals surface area contributed by atoms with Crippen molar-refractivity contribution in [3.8, 4) is 23.0 Å². The van der Waals surface area contributed by atoms with E-state index in [9.17, 15) is 24.6 Å². The van der Waals surface area contributed by atoms with Crippen LogP contribution in [0.5, 0.6) is 23.0 Å². The van der Waals surface area contributed by atoms with Crippen LogP contribution in [0.4, 0.5) is 0 Å². The molecule has 1 fully saturated rings. The van der Waals surface area contributed by atoms with Gasteiger partial charge in [-0.25, -0.2) is 0 Å². The number of hydrogen-bond acceptors (Lipinski definition) is 10. The number of benzene rings is 1. The topological polar surface area (TPSA) is 165 Å². The van der Waals surface area contributed by atoms with E-state index in [4.69, 9.17) is 23.7 Å². The molecule has 4 atom stereocenters. The summed E-state index contributed by atoms with van der Waals surface area (Å²) in [6, 6.07) is -2.20. The molecule has 0 aromatic heterocycles. The highest BCUT2D eigenvalue weighted by Gasteiger charge is 2.54. The zero-order chi connectivity index (χ0) is 28.9. The molecule has 2 amide bonds. The summed E-state index contributed by atoms with van der Waals surface area (Å²) in [5, 5.41) is 24.8. The van der Waals surface area contributed by atoms with E-state index in [0.29, 0.717) is 42.3 Å². The van der Waals surface area contributed by atoms with Gasteiger partial charge in [0.2, 0.25) is 23.3 Å². The lowest BCUT2D eigenvalue weighted by atomic mass is 9.81. The molecule has 12 nitrogen and oxygen atoms in total. The van der Waals surface area contributed by atoms with Gasteiger partial charge in [-0.1, -0.05) is 13.8 Å². The van der Waals surface area contributed by atoms with Gasteiger partial charge in [0.15, 0.2) is 22.9 Å². The van der Waals surface area contributed by atoms with E-state index in [-0.39, 0.29) is 18.9 Å². The van der Waals surface area contributed by atoms with Crippen LogP contribution in [0, 0.1) is 11.8 Å². The Balaban J connectivity index is 1.77. The number of rotatable bonds is 14. The van der Waals surface area contributed by atoms with Crippen molar-refractivity contribution >= 4 is 17.6 Å². The van der Waals surface area contributed by atoms with Crippen LogP contribution < -0.4 is 29.6 Å². The molecule has 1 aliphatic heterocycles. The Morgan fingerprint density at radius 3 is 1.95 bits per heavy atom. The first kappa shape index (κ1) is 30.5. The van der Waals surface area contributed by atoms with Crippen molar-refractivity contribution < 1.29 is 48.3 Å². The van der Waals surface area contributed by atoms with Crippen LogP contribution in [0.15, 0.2) is 0 Å². The summed E-state index contributed by atoms with van der Waals surface area (Å²) in [5.74, 6) is -0.305. The third kappa shape index (κ3) is 6.23. The maximum Gasteiger partial charge on any atom is 0.245 e. The van der Waals surface area contributed by atoms with E-state index >= 15 is 0 Å². The zero-order valence-electron chi connectivity index (χ0n) is 23.4. The fraction of sp³-hybridized carbons (Fsp3) is 0.667. The number of hydrogen-bond donors (Lipinski definition) is 4. The minimum atomic E-state index is -1.30. The molecule has 0 radical (unpaired) electrons. The first-order chi connectivity index (χ1) is 18.6.